The molecule has 19 heavy (non-hydrogen) atoms. The standard InChI is InChI=1S/C17H20BrN/c1-12(2)15-7-5-14(6-8-15)11-19-17-10-16(18)9-4-13(17)3/h4-10,12,19H,11H2,1-3H3. The van der Waals surface area contributed by atoms with Crippen molar-refractivity contribution in [2.45, 2.75) is 33.2 Å². The molecule has 0 saturated carbocycles. The molecule has 0 aliphatic heterocycles. The van der Waals surface area contributed by atoms with E-state index in [9.17, 15) is 0 Å². The van der Waals surface area contributed by atoms with E-state index in [1.165, 1.54) is 22.4 Å². The maximum atomic E-state index is 3.51. The van der Waals surface area contributed by atoms with E-state index in [1.54, 1.807) is 0 Å². The van der Waals surface area contributed by atoms with Gasteiger partial charge in [0, 0.05) is 16.7 Å². The van der Waals surface area contributed by atoms with E-state index in [0.717, 1.165) is 11.0 Å². The second-order valence-electron chi connectivity index (χ2n) is 5.21. The minimum absolute atomic E-state index is 0.592. The quantitative estimate of drug-likeness (QED) is 0.785. The predicted octanol–water partition coefficient (Wildman–Crippen LogP) is 5.49. The van der Waals surface area contributed by atoms with Gasteiger partial charge < -0.3 is 5.32 Å². The summed E-state index contributed by atoms with van der Waals surface area (Å²) in [5.41, 5.74) is 5.15. The molecule has 2 aromatic rings. The lowest BCUT2D eigenvalue weighted by Crippen LogP contribution is -2.01. The summed E-state index contributed by atoms with van der Waals surface area (Å²) >= 11 is 3.51. The van der Waals surface area contributed by atoms with E-state index in [4.69, 9.17) is 0 Å². The third-order valence-corrected chi connectivity index (χ3v) is 3.82. The van der Waals surface area contributed by atoms with Gasteiger partial charge in [-0.2, -0.15) is 0 Å². The Morgan fingerprint density at radius 1 is 1.05 bits per heavy atom. The van der Waals surface area contributed by atoms with Gasteiger partial charge >= 0.3 is 0 Å². The molecule has 1 nitrogen and oxygen atoms in total. The molecular formula is C17H20BrN. The van der Waals surface area contributed by atoms with Crippen molar-refractivity contribution in [1.82, 2.24) is 0 Å². The first-order valence-corrected chi connectivity index (χ1v) is 7.44. The van der Waals surface area contributed by atoms with Crippen LogP contribution in [-0.4, -0.2) is 0 Å². The van der Waals surface area contributed by atoms with Crippen molar-refractivity contribution in [1.29, 1.82) is 0 Å². The Morgan fingerprint density at radius 3 is 2.37 bits per heavy atom. The lowest BCUT2D eigenvalue weighted by atomic mass is 10.0. The van der Waals surface area contributed by atoms with Crippen LogP contribution in [0.5, 0.6) is 0 Å². The fraction of sp³-hybridized carbons (Fsp3) is 0.294. The number of benzene rings is 2. The first-order valence-electron chi connectivity index (χ1n) is 6.65. The molecule has 2 heteroatoms. The summed E-state index contributed by atoms with van der Waals surface area (Å²) in [4.78, 5) is 0. The lowest BCUT2D eigenvalue weighted by molar-refractivity contribution is 0.865. The molecule has 0 spiro atoms. The van der Waals surface area contributed by atoms with Gasteiger partial charge in [0.2, 0.25) is 0 Å². The van der Waals surface area contributed by atoms with Crippen LogP contribution in [0.2, 0.25) is 0 Å². The summed E-state index contributed by atoms with van der Waals surface area (Å²) in [7, 11) is 0. The first-order chi connectivity index (χ1) is 9.06. The van der Waals surface area contributed by atoms with E-state index < -0.39 is 0 Å². The molecule has 0 radical (unpaired) electrons. The molecule has 0 unspecified atom stereocenters. The smallest absolute Gasteiger partial charge is 0.0400 e. The van der Waals surface area contributed by atoms with Gasteiger partial charge in [-0.1, -0.05) is 60.1 Å². The topological polar surface area (TPSA) is 12.0 Å². The SMILES string of the molecule is Cc1ccc(Br)cc1NCc1ccc(C(C)C)cc1. The molecule has 2 rings (SSSR count). The highest BCUT2D eigenvalue weighted by Crippen LogP contribution is 2.21. The summed E-state index contributed by atoms with van der Waals surface area (Å²) in [5, 5.41) is 3.49. The minimum atomic E-state index is 0.592. The van der Waals surface area contributed by atoms with Crippen LogP contribution in [0, 0.1) is 6.92 Å². The van der Waals surface area contributed by atoms with Crippen LogP contribution in [0.1, 0.15) is 36.5 Å². The van der Waals surface area contributed by atoms with Crippen LogP contribution in [0.15, 0.2) is 46.9 Å². The Labute approximate surface area is 124 Å². The first kappa shape index (κ1) is 14.1. The van der Waals surface area contributed by atoms with E-state index >= 15 is 0 Å². The zero-order valence-corrected chi connectivity index (χ0v) is 13.3. The molecule has 1 N–H and O–H groups in total. The van der Waals surface area contributed by atoms with E-state index in [0.29, 0.717) is 5.92 Å². The molecule has 0 aliphatic carbocycles. The number of anilines is 1. The number of aryl methyl sites for hydroxylation is 1. The molecule has 0 heterocycles. The maximum absolute atomic E-state index is 3.51. The number of rotatable bonds is 4. The van der Waals surface area contributed by atoms with E-state index in [2.05, 4.69) is 84.5 Å². The highest BCUT2D eigenvalue weighted by Gasteiger charge is 2.01. The molecule has 0 bridgehead atoms. The number of hydrogen-bond acceptors (Lipinski definition) is 1. The van der Waals surface area contributed by atoms with Crippen molar-refractivity contribution in [2.75, 3.05) is 5.32 Å². The molecule has 0 aromatic heterocycles. The van der Waals surface area contributed by atoms with Crippen LogP contribution < -0.4 is 5.32 Å². The van der Waals surface area contributed by atoms with Gasteiger partial charge in [-0.05, 0) is 41.7 Å². The average molecular weight is 318 g/mol. The summed E-state index contributed by atoms with van der Waals surface area (Å²) in [5.74, 6) is 0.592. The van der Waals surface area contributed by atoms with Crippen LogP contribution >= 0.6 is 15.9 Å². The molecule has 100 valence electrons. The summed E-state index contributed by atoms with van der Waals surface area (Å²) < 4.78 is 1.11. The summed E-state index contributed by atoms with van der Waals surface area (Å²) in [6.07, 6.45) is 0. The van der Waals surface area contributed by atoms with Crippen molar-refractivity contribution >= 4 is 21.6 Å². The van der Waals surface area contributed by atoms with Gasteiger partial charge in [0.25, 0.3) is 0 Å². The maximum Gasteiger partial charge on any atom is 0.0400 e. The molecule has 0 amide bonds. The largest absolute Gasteiger partial charge is 0.381 e. The zero-order valence-electron chi connectivity index (χ0n) is 11.7. The molecule has 0 atom stereocenters. The Kier molecular flexibility index (Phi) is 4.65. The minimum Gasteiger partial charge on any atom is -0.381 e. The number of nitrogens with one attached hydrogen (secondary N) is 1. The van der Waals surface area contributed by atoms with Gasteiger partial charge in [-0.15, -0.1) is 0 Å². The van der Waals surface area contributed by atoms with E-state index in [1.807, 2.05) is 0 Å². The summed E-state index contributed by atoms with van der Waals surface area (Å²) in [6, 6.07) is 15.2. The highest BCUT2D eigenvalue weighted by atomic mass is 79.9. The Morgan fingerprint density at radius 2 is 1.74 bits per heavy atom. The molecule has 0 aliphatic rings. The zero-order chi connectivity index (χ0) is 13.8. The predicted molar refractivity (Wildman–Crippen MR) is 86.7 cm³/mol. The molecule has 0 fully saturated rings. The Balaban J connectivity index is 2.04. The lowest BCUT2D eigenvalue weighted by Gasteiger charge is -2.11. The fourth-order valence-corrected chi connectivity index (χ4v) is 2.36. The fourth-order valence-electron chi connectivity index (χ4n) is 2.00. The van der Waals surface area contributed by atoms with Crippen molar-refractivity contribution in [3.05, 3.63) is 63.6 Å². The van der Waals surface area contributed by atoms with Gasteiger partial charge in [-0.3, -0.25) is 0 Å². The van der Waals surface area contributed by atoms with Gasteiger partial charge in [0.05, 0.1) is 0 Å². The van der Waals surface area contributed by atoms with Crippen molar-refractivity contribution in [2.24, 2.45) is 0 Å². The van der Waals surface area contributed by atoms with Crippen LogP contribution in [0.4, 0.5) is 5.69 Å². The number of halogens is 1. The summed E-state index contributed by atoms with van der Waals surface area (Å²) in [6.45, 7) is 7.42. The average Bonchev–Trinajstić information content (AvgIpc) is 2.40. The highest BCUT2D eigenvalue weighted by molar-refractivity contribution is 9.10. The van der Waals surface area contributed by atoms with Gasteiger partial charge in [-0.25, -0.2) is 0 Å². The third kappa shape index (κ3) is 3.84. The third-order valence-electron chi connectivity index (χ3n) is 3.33. The van der Waals surface area contributed by atoms with Crippen molar-refractivity contribution < 1.29 is 0 Å². The van der Waals surface area contributed by atoms with Gasteiger partial charge in [0.15, 0.2) is 0 Å². The second-order valence-corrected chi connectivity index (χ2v) is 6.12. The van der Waals surface area contributed by atoms with Gasteiger partial charge in [0.1, 0.15) is 0 Å². The van der Waals surface area contributed by atoms with Crippen LogP contribution in [0.3, 0.4) is 0 Å². The number of hydrogen-bond donors (Lipinski definition) is 1. The molecule has 2 aromatic carbocycles. The van der Waals surface area contributed by atoms with Crippen molar-refractivity contribution in [3.8, 4) is 0 Å². The van der Waals surface area contributed by atoms with Crippen LogP contribution in [0.25, 0.3) is 0 Å². The molecule has 0 saturated heterocycles. The Hall–Kier alpha value is -1.28. The molecular weight excluding hydrogens is 298 g/mol. The second kappa shape index (κ2) is 6.25. The van der Waals surface area contributed by atoms with E-state index in [-0.39, 0.29) is 0 Å². The normalized spacial score (nSPS) is 10.8. The van der Waals surface area contributed by atoms with Crippen molar-refractivity contribution in [3.63, 3.8) is 0 Å². The Bertz CT molecular complexity index is 544. The van der Waals surface area contributed by atoms with Crippen LogP contribution in [-0.2, 0) is 6.54 Å². The monoisotopic (exact) mass is 317 g/mol.